The Bertz CT molecular complexity index is 402. The van der Waals surface area contributed by atoms with Crippen molar-refractivity contribution in [2.45, 2.75) is 13.5 Å². The van der Waals surface area contributed by atoms with E-state index in [2.05, 4.69) is 26.1 Å². The second kappa shape index (κ2) is 6.75. The highest BCUT2D eigenvalue weighted by molar-refractivity contribution is 9.10. The van der Waals surface area contributed by atoms with Gasteiger partial charge in [0.1, 0.15) is 0 Å². The summed E-state index contributed by atoms with van der Waals surface area (Å²) in [5.41, 5.74) is 7.78. The van der Waals surface area contributed by atoms with Gasteiger partial charge < -0.3 is 16.0 Å². The van der Waals surface area contributed by atoms with E-state index in [1.165, 1.54) is 0 Å². The molecule has 0 spiro atoms. The molecule has 0 saturated carbocycles. The summed E-state index contributed by atoms with van der Waals surface area (Å²) in [6.07, 6.45) is 0. The monoisotopic (exact) mass is 313 g/mol. The van der Waals surface area contributed by atoms with E-state index in [4.69, 9.17) is 5.73 Å². The van der Waals surface area contributed by atoms with Gasteiger partial charge in [0, 0.05) is 41.8 Å². The van der Waals surface area contributed by atoms with E-state index in [1.807, 2.05) is 32.2 Å². The summed E-state index contributed by atoms with van der Waals surface area (Å²) in [5.74, 6) is 0.0191. The standard InChI is InChI=1S/C13H20BrN3O/c1-9(13(18)16-2)7-17(3)8-10-11(14)5-4-6-12(10)15/h4-6,9H,7-8,15H2,1-3H3,(H,16,18). The molecule has 1 rings (SSSR count). The molecule has 0 heterocycles. The first-order chi connectivity index (χ1) is 8.45. The number of nitrogens with two attached hydrogens (primary N) is 1. The van der Waals surface area contributed by atoms with E-state index in [0.29, 0.717) is 13.1 Å². The maximum absolute atomic E-state index is 11.5. The van der Waals surface area contributed by atoms with Crippen molar-refractivity contribution in [3.63, 3.8) is 0 Å². The van der Waals surface area contributed by atoms with Gasteiger partial charge in [-0.05, 0) is 19.2 Å². The van der Waals surface area contributed by atoms with Gasteiger partial charge in [0.05, 0.1) is 0 Å². The van der Waals surface area contributed by atoms with Crippen molar-refractivity contribution in [2.75, 3.05) is 26.4 Å². The molecule has 0 radical (unpaired) electrons. The number of benzene rings is 1. The van der Waals surface area contributed by atoms with Gasteiger partial charge in [0.15, 0.2) is 0 Å². The van der Waals surface area contributed by atoms with Crippen molar-refractivity contribution in [3.05, 3.63) is 28.2 Å². The third kappa shape index (κ3) is 3.99. The lowest BCUT2D eigenvalue weighted by Crippen LogP contribution is -2.34. The minimum atomic E-state index is -0.0382. The smallest absolute Gasteiger partial charge is 0.223 e. The molecule has 0 bridgehead atoms. The van der Waals surface area contributed by atoms with Crippen LogP contribution in [0.2, 0.25) is 0 Å². The third-order valence-corrected chi connectivity index (χ3v) is 3.61. The van der Waals surface area contributed by atoms with Gasteiger partial charge >= 0.3 is 0 Å². The molecule has 0 aliphatic heterocycles. The predicted molar refractivity (Wildman–Crippen MR) is 78.1 cm³/mol. The molecule has 3 N–H and O–H groups in total. The van der Waals surface area contributed by atoms with Crippen LogP contribution in [0.4, 0.5) is 5.69 Å². The Kier molecular flexibility index (Phi) is 5.62. The second-order valence-corrected chi connectivity index (χ2v) is 5.37. The molecule has 1 aromatic rings. The van der Waals surface area contributed by atoms with Crippen LogP contribution in [0.3, 0.4) is 0 Å². The van der Waals surface area contributed by atoms with Crippen molar-refractivity contribution >= 4 is 27.5 Å². The average Bonchev–Trinajstić information content (AvgIpc) is 2.32. The van der Waals surface area contributed by atoms with Gasteiger partial charge in [0.25, 0.3) is 0 Å². The molecule has 18 heavy (non-hydrogen) atoms. The topological polar surface area (TPSA) is 58.4 Å². The summed E-state index contributed by atoms with van der Waals surface area (Å²) < 4.78 is 1.00. The van der Waals surface area contributed by atoms with Gasteiger partial charge in [-0.3, -0.25) is 4.79 Å². The summed E-state index contributed by atoms with van der Waals surface area (Å²) in [5, 5.41) is 2.66. The van der Waals surface area contributed by atoms with Gasteiger partial charge in [-0.2, -0.15) is 0 Å². The number of hydrogen-bond donors (Lipinski definition) is 2. The van der Waals surface area contributed by atoms with Crippen molar-refractivity contribution in [3.8, 4) is 0 Å². The van der Waals surface area contributed by atoms with Gasteiger partial charge in [-0.1, -0.05) is 28.9 Å². The van der Waals surface area contributed by atoms with E-state index < -0.39 is 0 Å². The van der Waals surface area contributed by atoms with Crippen molar-refractivity contribution in [1.82, 2.24) is 10.2 Å². The van der Waals surface area contributed by atoms with E-state index in [-0.39, 0.29) is 11.8 Å². The van der Waals surface area contributed by atoms with E-state index in [9.17, 15) is 4.79 Å². The Morgan fingerprint density at radius 1 is 1.56 bits per heavy atom. The van der Waals surface area contributed by atoms with E-state index >= 15 is 0 Å². The van der Waals surface area contributed by atoms with Crippen LogP contribution in [-0.4, -0.2) is 31.4 Å². The highest BCUT2D eigenvalue weighted by atomic mass is 79.9. The first kappa shape index (κ1) is 15.0. The lowest BCUT2D eigenvalue weighted by Gasteiger charge is -2.21. The van der Waals surface area contributed by atoms with Gasteiger partial charge in [0.2, 0.25) is 5.91 Å². The van der Waals surface area contributed by atoms with Gasteiger partial charge in [-0.25, -0.2) is 0 Å². The van der Waals surface area contributed by atoms with Crippen LogP contribution < -0.4 is 11.1 Å². The summed E-state index contributed by atoms with van der Waals surface area (Å²) in [6, 6.07) is 5.77. The van der Waals surface area contributed by atoms with E-state index in [1.54, 1.807) is 7.05 Å². The predicted octanol–water partition coefficient (Wildman–Crippen LogP) is 1.85. The van der Waals surface area contributed by atoms with Crippen LogP contribution in [0.1, 0.15) is 12.5 Å². The lowest BCUT2D eigenvalue weighted by atomic mass is 10.1. The first-order valence-electron chi connectivity index (χ1n) is 5.88. The molecule has 1 atom stereocenters. The van der Waals surface area contributed by atoms with Crippen LogP contribution in [0.25, 0.3) is 0 Å². The molecule has 1 aromatic carbocycles. The first-order valence-corrected chi connectivity index (χ1v) is 6.68. The van der Waals surface area contributed by atoms with Crippen LogP contribution in [0, 0.1) is 5.92 Å². The maximum atomic E-state index is 11.5. The minimum Gasteiger partial charge on any atom is -0.398 e. The second-order valence-electron chi connectivity index (χ2n) is 4.52. The normalized spacial score (nSPS) is 12.5. The zero-order valence-corrected chi connectivity index (χ0v) is 12.6. The molecule has 100 valence electrons. The molecule has 0 fully saturated rings. The zero-order valence-electron chi connectivity index (χ0n) is 11.0. The Labute approximate surface area is 117 Å². The quantitative estimate of drug-likeness (QED) is 0.816. The third-order valence-electron chi connectivity index (χ3n) is 2.86. The molecule has 1 amide bonds. The molecular weight excluding hydrogens is 294 g/mol. The molecular formula is C13H20BrN3O. The number of nitrogens with zero attached hydrogens (tertiary/aromatic N) is 1. The summed E-state index contributed by atoms with van der Waals surface area (Å²) >= 11 is 3.50. The summed E-state index contributed by atoms with van der Waals surface area (Å²) in [6.45, 7) is 3.33. The maximum Gasteiger partial charge on any atom is 0.223 e. The van der Waals surface area contributed by atoms with Crippen LogP contribution >= 0.6 is 15.9 Å². The van der Waals surface area contributed by atoms with Crippen molar-refractivity contribution < 1.29 is 4.79 Å². The van der Waals surface area contributed by atoms with Crippen molar-refractivity contribution in [2.24, 2.45) is 5.92 Å². The molecule has 4 nitrogen and oxygen atoms in total. The Balaban J connectivity index is 2.65. The molecule has 0 saturated heterocycles. The lowest BCUT2D eigenvalue weighted by molar-refractivity contribution is -0.124. The fourth-order valence-electron chi connectivity index (χ4n) is 1.87. The highest BCUT2D eigenvalue weighted by Crippen LogP contribution is 2.23. The molecule has 0 aliphatic carbocycles. The molecule has 0 aromatic heterocycles. The van der Waals surface area contributed by atoms with Crippen LogP contribution in [-0.2, 0) is 11.3 Å². The Morgan fingerprint density at radius 2 is 2.22 bits per heavy atom. The molecule has 0 aliphatic rings. The highest BCUT2D eigenvalue weighted by Gasteiger charge is 2.15. The number of hydrogen-bond acceptors (Lipinski definition) is 3. The number of amides is 1. The fraction of sp³-hybridized carbons (Fsp3) is 0.462. The molecule has 1 unspecified atom stereocenters. The summed E-state index contributed by atoms with van der Waals surface area (Å²) in [7, 11) is 3.64. The van der Waals surface area contributed by atoms with Crippen LogP contribution in [0.15, 0.2) is 22.7 Å². The number of halogens is 1. The largest absolute Gasteiger partial charge is 0.398 e. The van der Waals surface area contributed by atoms with Gasteiger partial charge in [-0.15, -0.1) is 0 Å². The zero-order chi connectivity index (χ0) is 13.7. The van der Waals surface area contributed by atoms with E-state index in [0.717, 1.165) is 15.7 Å². The Morgan fingerprint density at radius 3 is 2.78 bits per heavy atom. The average molecular weight is 314 g/mol. The number of nitrogen functional groups attached to an aromatic ring is 1. The number of carbonyl (C=O) groups is 1. The SMILES string of the molecule is CNC(=O)C(C)CN(C)Cc1c(N)cccc1Br. The Hall–Kier alpha value is -1.07. The number of nitrogens with one attached hydrogen (secondary N) is 1. The number of carbonyl (C=O) groups excluding carboxylic acids is 1. The molecule has 5 heteroatoms. The number of rotatable bonds is 5. The number of anilines is 1. The summed E-state index contributed by atoms with van der Waals surface area (Å²) in [4.78, 5) is 13.6. The minimum absolute atomic E-state index is 0.0382. The van der Waals surface area contributed by atoms with Crippen LogP contribution in [0.5, 0.6) is 0 Å². The fourth-order valence-corrected chi connectivity index (χ4v) is 2.38. The van der Waals surface area contributed by atoms with Crippen molar-refractivity contribution in [1.29, 1.82) is 0 Å².